The van der Waals surface area contributed by atoms with E-state index in [1.54, 1.807) is 11.1 Å². The van der Waals surface area contributed by atoms with Crippen molar-refractivity contribution in [2.75, 3.05) is 13.1 Å². The molecule has 2 fully saturated rings. The van der Waals surface area contributed by atoms with Crippen LogP contribution in [0.4, 0.5) is 8.78 Å². The zero-order chi connectivity index (χ0) is 15.2. The first-order valence-electron chi connectivity index (χ1n) is 7.39. The minimum atomic E-state index is -1.01. The van der Waals surface area contributed by atoms with Crippen LogP contribution in [-0.4, -0.2) is 35.2 Å². The second-order valence-electron chi connectivity index (χ2n) is 6.44. The van der Waals surface area contributed by atoms with Crippen molar-refractivity contribution in [1.29, 1.82) is 0 Å². The average Bonchev–Trinajstić information content (AvgIpc) is 2.89. The van der Waals surface area contributed by atoms with Crippen LogP contribution in [-0.2, 0) is 4.79 Å². The van der Waals surface area contributed by atoms with Gasteiger partial charge in [0.2, 0.25) is 5.91 Å². The molecule has 2 saturated heterocycles. The van der Waals surface area contributed by atoms with E-state index < -0.39 is 11.6 Å². The molecule has 3 rings (SSSR count). The topological polar surface area (TPSA) is 23.6 Å². The van der Waals surface area contributed by atoms with Gasteiger partial charge >= 0.3 is 0 Å². The van der Waals surface area contributed by atoms with Gasteiger partial charge < -0.3 is 0 Å². The van der Waals surface area contributed by atoms with Gasteiger partial charge in [-0.3, -0.25) is 9.80 Å². The number of carbonyl (C=O) groups excluding carboxylic acids is 1. The Kier molecular flexibility index (Phi) is 3.48. The molecule has 1 aromatic carbocycles. The van der Waals surface area contributed by atoms with Crippen molar-refractivity contribution < 1.29 is 13.6 Å². The predicted molar refractivity (Wildman–Crippen MR) is 75.5 cm³/mol. The fourth-order valence-corrected chi connectivity index (χ4v) is 3.67. The van der Waals surface area contributed by atoms with Crippen LogP contribution in [0.2, 0.25) is 0 Å². The Hall–Kier alpha value is -1.49. The number of rotatable bonds is 3. The summed E-state index contributed by atoms with van der Waals surface area (Å²) in [6.07, 6.45) is 0.0123. The lowest BCUT2D eigenvalue weighted by atomic mass is 9.84. The molecule has 3 atom stereocenters. The standard InChI is InChI=1S/C16H20F2N2O/c1-11(17)9-16(2)10-19-7-6-14(20(19)15(16)21)12-4-3-5-13(18)8-12/h3-5,8,11,14H,6-7,9-10H2,1-2H3/t11?,14-,16?/m1/s1. The Morgan fingerprint density at radius 3 is 2.90 bits per heavy atom. The monoisotopic (exact) mass is 294 g/mol. The minimum Gasteiger partial charge on any atom is -0.273 e. The van der Waals surface area contributed by atoms with Gasteiger partial charge in [0.1, 0.15) is 5.82 Å². The Morgan fingerprint density at radius 1 is 1.48 bits per heavy atom. The summed E-state index contributed by atoms with van der Waals surface area (Å²) in [6.45, 7) is 4.61. The molecular formula is C16H20F2N2O. The highest BCUT2D eigenvalue weighted by Crippen LogP contribution is 2.44. The highest BCUT2D eigenvalue weighted by atomic mass is 19.1. The number of hydrogen-bond acceptors (Lipinski definition) is 2. The molecule has 2 aliphatic rings. The van der Waals surface area contributed by atoms with Crippen LogP contribution in [0, 0.1) is 11.2 Å². The number of carbonyl (C=O) groups is 1. The molecule has 0 aliphatic carbocycles. The van der Waals surface area contributed by atoms with Crippen LogP contribution in [0.25, 0.3) is 0 Å². The first-order valence-corrected chi connectivity index (χ1v) is 7.39. The maximum atomic E-state index is 13.4. The van der Waals surface area contributed by atoms with Crippen molar-refractivity contribution in [3.63, 3.8) is 0 Å². The Bertz CT molecular complexity index is 563. The average molecular weight is 294 g/mol. The lowest BCUT2D eigenvalue weighted by Gasteiger charge is -2.27. The summed E-state index contributed by atoms with van der Waals surface area (Å²) >= 11 is 0. The molecule has 2 unspecified atom stereocenters. The van der Waals surface area contributed by atoms with E-state index >= 15 is 0 Å². The summed E-state index contributed by atoms with van der Waals surface area (Å²) < 4.78 is 26.8. The van der Waals surface area contributed by atoms with E-state index in [-0.39, 0.29) is 24.2 Å². The van der Waals surface area contributed by atoms with E-state index in [4.69, 9.17) is 0 Å². The van der Waals surface area contributed by atoms with Gasteiger partial charge in [-0.15, -0.1) is 0 Å². The second-order valence-corrected chi connectivity index (χ2v) is 6.44. The van der Waals surface area contributed by atoms with Gasteiger partial charge in [-0.2, -0.15) is 0 Å². The SMILES string of the molecule is CC(F)CC1(C)CN2CC[C@H](c3cccc(F)c3)N2C1=O. The number of halogens is 2. The molecule has 1 amide bonds. The van der Waals surface area contributed by atoms with Crippen LogP contribution in [0.1, 0.15) is 38.3 Å². The summed E-state index contributed by atoms with van der Waals surface area (Å²) in [4.78, 5) is 12.7. The summed E-state index contributed by atoms with van der Waals surface area (Å²) in [6, 6.07) is 6.26. The molecule has 0 saturated carbocycles. The maximum Gasteiger partial charge on any atom is 0.244 e. The largest absolute Gasteiger partial charge is 0.273 e. The molecule has 0 bridgehead atoms. The number of alkyl halides is 1. The molecular weight excluding hydrogens is 274 g/mol. The molecule has 0 N–H and O–H groups in total. The lowest BCUT2D eigenvalue weighted by molar-refractivity contribution is -0.143. The van der Waals surface area contributed by atoms with Crippen LogP contribution in [0.3, 0.4) is 0 Å². The number of fused-ring (bicyclic) bond motifs is 1. The molecule has 0 aromatic heterocycles. The van der Waals surface area contributed by atoms with Crippen LogP contribution in [0.5, 0.6) is 0 Å². The maximum absolute atomic E-state index is 13.4. The van der Waals surface area contributed by atoms with Crippen LogP contribution >= 0.6 is 0 Å². The fraction of sp³-hybridized carbons (Fsp3) is 0.562. The zero-order valence-electron chi connectivity index (χ0n) is 12.4. The summed E-state index contributed by atoms with van der Waals surface area (Å²) in [5.74, 6) is -0.337. The van der Waals surface area contributed by atoms with Crippen molar-refractivity contribution in [3.05, 3.63) is 35.6 Å². The van der Waals surface area contributed by atoms with Gasteiger partial charge in [-0.25, -0.2) is 13.8 Å². The zero-order valence-corrected chi connectivity index (χ0v) is 12.4. The molecule has 0 spiro atoms. The number of amides is 1. The van der Waals surface area contributed by atoms with E-state index in [1.807, 2.05) is 18.0 Å². The van der Waals surface area contributed by atoms with Crippen LogP contribution in [0.15, 0.2) is 24.3 Å². The highest BCUT2D eigenvalue weighted by molar-refractivity contribution is 5.85. The number of hydrogen-bond donors (Lipinski definition) is 0. The van der Waals surface area contributed by atoms with Crippen LogP contribution < -0.4 is 0 Å². The van der Waals surface area contributed by atoms with Crippen molar-refractivity contribution in [2.45, 2.75) is 38.9 Å². The van der Waals surface area contributed by atoms with Gasteiger partial charge in [0.15, 0.2) is 0 Å². The Morgan fingerprint density at radius 2 is 2.24 bits per heavy atom. The van der Waals surface area contributed by atoms with Crippen molar-refractivity contribution in [1.82, 2.24) is 10.0 Å². The lowest BCUT2D eigenvalue weighted by Crippen LogP contribution is -2.36. The number of benzene rings is 1. The third kappa shape index (κ3) is 2.44. The van der Waals surface area contributed by atoms with Gasteiger partial charge in [-0.05, 0) is 44.4 Å². The van der Waals surface area contributed by atoms with E-state index in [0.29, 0.717) is 6.54 Å². The van der Waals surface area contributed by atoms with Gasteiger partial charge in [0.25, 0.3) is 0 Å². The van der Waals surface area contributed by atoms with E-state index in [9.17, 15) is 13.6 Å². The molecule has 3 nitrogen and oxygen atoms in total. The Balaban J connectivity index is 1.87. The van der Waals surface area contributed by atoms with Crippen molar-refractivity contribution in [2.24, 2.45) is 5.41 Å². The first kappa shape index (κ1) is 14.4. The fourth-order valence-electron chi connectivity index (χ4n) is 3.67. The molecule has 21 heavy (non-hydrogen) atoms. The molecule has 1 aromatic rings. The second kappa shape index (κ2) is 5.05. The third-order valence-corrected chi connectivity index (χ3v) is 4.48. The van der Waals surface area contributed by atoms with Gasteiger partial charge in [0, 0.05) is 13.1 Å². The van der Waals surface area contributed by atoms with Gasteiger partial charge in [0.05, 0.1) is 17.6 Å². The molecule has 5 heteroatoms. The smallest absolute Gasteiger partial charge is 0.244 e. The van der Waals surface area contributed by atoms with Gasteiger partial charge in [-0.1, -0.05) is 12.1 Å². The molecule has 2 aliphatic heterocycles. The quantitative estimate of drug-likeness (QED) is 0.855. The predicted octanol–water partition coefficient (Wildman–Crippen LogP) is 3.08. The van der Waals surface area contributed by atoms with E-state index in [1.165, 1.54) is 19.1 Å². The molecule has 2 heterocycles. The summed E-state index contributed by atoms with van der Waals surface area (Å²) in [7, 11) is 0. The first-order chi connectivity index (χ1) is 9.90. The third-order valence-electron chi connectivity index (χ3n) is 4.48. The minimum absolute atomic E-state index is 0.0428. The number of hydrazine groups is 1. The van der Waals surface area contributed by atoms with Crippen molar-refractivity contribution >= 4 is 5.91 Å². The summed E-state index contributed by atoms with van der Waals surface area (Å²) in [5, 5.41) is 3.71. The number of nitrogens with zero attached hydrogens (tertiary/aromatic N) is 2. The summed E-state index contributed by atoms with van der Waals surface area (Å²) in [5.41, 5.74) is 0.128. The highest BCUT2D eigenvalue weighted by Gasteiger charge is 2.53. The van der Waals surface area contributed by atoms with Crippen molar-refractivity contribution in [3.8, 4) is 0 Å². The van der Waals surface area contributed by atoms with E-state index in [2.05, 4.69) is 0 Å². The molecule has 0 radical (unpaired) electrons. The normalized spacial score (nSPS) is 30.8. The van der Waals surface area contributed by atoms with E-state index in [0.717, 1.165) is 18.5 Å². The molecule has 114 valence electrons. The Labute approximate surface area is 123 Å².